The zero-order chi connectivity index (χ0) is 14.7. The summed E-state index contributed by atoms with van der Waals surface area (Å²) in [5, 5.41) is 17.4. The summed E-state index contributed by atoms with van der Waals surface area (Å²) in [5.74, 6) is 1.23. The molecule has 5 heteroatoms. The first kappa shape index (κ1) is 13.4. The van der Waals surface area contributed by atoms with Crippen molar-refractivity contribution in [2.75, 3.05) is 0 Å². The molecule has 21 heavy (non-hydrogen) atoms. The molecule has 104 valence electrons. The molecule has 0 saturated heterocycles. The zero-order valence-corrected chi connectivity index (χ0v) is 11.7. The molecule has 1 heterocycles. The molecule has 3 aromatic rings. The normalized spacial score (nSPS) is 11.1. The van der Waals surface area contributed by atoms with Gasteiger partial charge in [0.15, 0.2) is 5.82 Å². The molecule has 4 nitrogen and oxygen atoms in total. The van der Waals surface area contributed by atoms with Crippen LogP contribution in [0.15, 0.2) is 48.5 Å². The Morgan fingerprint density at radius 3 is 2.52 bits per heavy atom. The van der Waals surface area contributed by atoms with Crippen molar-refractivity contribution >= 4 is 23.8 Å². The summed E-state index contributed by atoms with van der Waals surface area (Å²) < 4.78 is 0. The first-order valence-corrected chi connectivity index (χ1v) is 6.74. The molecule has 0 saturated carbocycles. The topological polar surface area (TPSA) is 61.8 Å². The van der Waals surface area contributed by atoms with Crippen molar-refractivity contribution in [3.8, 4) is 17.1 Å². The van der Waals surface area contributed by atoms with E-state index in [4.69, 9.17) is 11.6 Å². The van der Waals surface area contributed by atoms with E-state index in [1.54, 1.807) is 18.2 Å². The lowest BCUT2D eigenvalue weighted by atomic mass is 10.2. The number of nitrogens with one attached hydrogen (secondary N) is 1. The lowest BCUT2D eigenvalue weighted by Gasteiger charge is -1.97. The second kappa shape index (κ2) is 5.81. The Labute approximate surface area is 126 Å². The van der Waals surface area contributed by atoms with Crippen molar-refractivity contribution in [1.29, 1.82) is 0 Å². The molecular formula is C16H12ClN3O. The Hall–Kier alpha value is -2.59. The maximum Gasteiger partial charge on any atom is 0.185 e. The van der Waals surface area contributed by atoms with Crippen LogP contribution >= 0.6 is 11.6 Å². The highest BCUT2D eigenvalue weighted by Gasteiger charge is 2.08. The maximum absolute atomic E-state index is 9.78. The van der Waals surface area contributed by atoms with E-state index in [2.05, 4.69) is 15.2 Å². The van der Waals surface area contributed by atoms with E-state index < -0.39 is 0 Å². The number of nitrogens with zero attached hydrogens (tertiary/aromatic N) is 2. The van der Waals surface area contributed by atoms with Crippen LogP contribution in [0, 0.1) is 0 Å². The summed E-state index contributed by atoms with van der Waals surface area (Å²) in [6.07, 6.45) is 3.73. The predicted octanol–water partition coefficient (Wildman–Crippen LogP) is 4.00. The molecule has 0 fully saturated rings. The molecule has 0 radical (unpaired) electrons. The van der Waals surface area contributed by atoms with Crippen LogP contribution in [-0.4, -0.2) is 20.3 Å². The van der Waals surface area contributed by atoms with Gasteiger partial charge >= 0.3 is 0 Å². The minimum atomic E-state index is 0.157. The molecular weight excluding hydrogens is 286 g/mol. The van der Waals surface area contributed by atoms with Gasteiger partial charge < -0.3 is 5.11 Å². The number of benzene rings is 2. The van der Waals surface area contributed by atoms with Crippen molar-refractivity contribution in [3.63, 3.8) is 0 Å². The number of halogens is 1. The van der Waals surface area contributed by atoms with E-state index in [1.807, 2.05) is 42.5 Å². The third-order valence-corrected chi connectivity index (χ3v) is 3.20. The van der Waals surface area contributed by atoms with E-state index in [-0.39, 0.29) is 5.75 Å². The van der Waals surface area contributed by atoms with Gasteiger partial charge in [-0.2, -0.15) is 5.10 Å². The minimum absolute atomic E-state index is 0.157. The van der Waals surface area contributed by atoms with E-state index in [0.717, 1.165) is 5.56 Å². The molecule has 1 aromatic heterocycles. The fourth-order valence-corrected chi connectivity index (χ4v) is 2.01. The average Bonchev–Trinajstić information content (AvgIpc) is 2.96. The van der Waals surface area contributed by atoms with Crippen LogP contribution in [-0.2, 0) is 0 Å². The smallest absolute Gasteiger partial charge is 0.185 e. The molecule has 0 bridgehead atoms. The van der Waals surface area contributed by atoms with Crippen LogP contribution in [0.25, 0.3) is 23.5 Å². The number of aromatic hydroxyl groups is 1. The molecule has 0 amide bonds. The van der Waals surface area contributed by atoms with Gasteiger partial charge in [-0.05, 0) is 35.9 Å². The standard InChI is InChI=1S/C16H12ClN3O/c17-12-8-5-11(6-9-12)7-10-15-18-16(20-19-15)13-3-1-2-4-14(13)21/h1-10,21H,(H,18,19,20). The SMILES string of the molecule is Oc1ccccc1-c1n[nH]c(C=Cc2ccc(Cl)cc2)n1. The lowest BCUT2D eigenvalue weighted by Crippen LogP contribution is -1.81. The number of hydrogen-bond donors (Lipinski definition) is 2. The number of para-hydroxylation sites is 1. The van der Waals surface area contributed by atoms with Crippen LogP contribution in [0.2, 0.25) is 5.02 Å². The van der Waals surface area contributed by atoms with Crippen LogP contribution in [0.4, 0.5) is 0 Å². The van der Waals surface area contributed by atoms with Crippen molar-refractivity contribution in [2.24, 2.45) is 0 Å². The summed E-state index contributed by atoms with van der Waals surface area (Å²) in [7, 11) is 0. The van der Waals surface area contributed by atoms with Gasteiger partial charge in [-0.15, -0.1) is 0 Å². The zero-order valence-electron chi connectivity index (χ0n) is 11.0. The van der Waals surface area contributed by atoms with Gasteiger partial charge in [0.2, 0.25) is 0 Å². The molecule has 2 aromatic carbocycles. The van der Waals surface area contributed by atoms with E-state index >= 15 is 0 Å². The highest BCUT2D eigenvalue weighted by molar-refractivity contribution is 6.30. The van der Waals surface area contributed by atoms with Crippen LogP contribution in [0.5, 0.6) is 5.75 Å². The molecule has 0 spiro atoms. The Balaban J connectivity index is 1.82. The van der Waals surface area contributed by atoms with Crippen LogP contribution in [0.1, 0.15) is 11.4 Å². The van der Waals surface area contributed by atoms with Gasteiger partial charge in [0.05, 0.1) is 5.56 Å². The fourth-order valence-electron chi connectivity index (χ4n) is 1.88. The van der Waals surface area contributed by atoms with Gasteiger partial charge in [0.25, 0.3) is 0 Å². The Kier molecular flexibility index (Phi) is 3.71. The Morgan fingerprint density at radius 1 is 1.00 bits per heavy atom. The van der Waals surface area contributed by atoms with Crippen molar-refractivity contribution in [3.05, 3.63) is 64.9 Å². The number of aromatic amines is 1. The predicted molar refractivity (Wildman–Crippen MR) is 83.9 cm³/mol. The third-order valence-electron chi connectivity index (χ3n) is 2.95. The van der Waals surface area contributed by atoms with Crippen LogP contribution < -0.4 is 0 Å². The quantitative estimate of drug-likeness (QED) is 0.768. The number of rotatable bonds is 3. The molecule has 2 N–H and O–H groups in total. The number of hydrogen-bond acceptors (Lipinski definition) is 3. The highest BCUT2D eigenvalue weighted by Crippen LogP contribution is 2.25. The molecule has 3 rings (SSSR count). The number of phenols is 1. The number of aromatic nitrogens is 3. The van der Waals surface area contributed by atoms with E-state index in [1.165, 1.54) is 0 Å². The van der Waals surface area contributed by atoms with Gasteiger partial charge in [-0.1, -0.05) is 41.9 Å². The first-order chi connectivity index (χ1) is 10.2. The first-order valence-electron chi connectivity index (χ1n) is 6.37. The molecule has 0 unspecified atom stereocenters. The van der Waals surface area contributed by atoms with Crippen molar-refractivity contribution < 1.29 is 5.11 Å². The molecule has 0 aliphatic rings. The lowest BCUT2D eigenvalue weighted by molar-refractivity contribution is 0.477. The highest BCUT2D eigenvalue weighted by atomic mass is 35.5. The van der Waals surface area contributed by atoms with Gasteiger partial charge in [0.1, 0.15) is 11.6 Å². The summed E-state index contributed by atoms with van der Waals surface area (Å²) in [6.45, 7) is 0. The summed E-state index contributed by atoms with van der Waals surface area (Å²) in [6, 6.07) is 14.4. The number of phenolic OH excluding ortho intramolecular Hbond substituents is 1. The van der Waals surface area contributed by atoms with E-state index in [0.29, 0.717) is 22.2 Å². The second-order valence-corrected chi connectivity index (χ2v) is 4.88. The fraction of sp³-hybridized carbons (Fsp3) is 0. The summed E-state index contributed by atoms with van der Waals surface area (Å²) >= 11 is 5.84. The van der Waals surface area contributed by atoms with Gasteiger partial charge in [-0.3, -0.25) is 5.10 Å². The summed E-state index contributed by atoms with van der Waals surface area (Å²) in [5.41, 5.74) is 1.61. The largest absolute Gasteiger partial charge is 0.507 e. The van der Waals surface area contributed by atoms with Gasteiger partial charge in [-0.25, -0.2) is 4.98 Å². The number of H-pyrrole nitrogens is 1. The average molecular weight is 298 g/mol. The summed E-state index contributed by atoms with van der Waals surface area (Å²) in [4.78, 5) is 4.33. The van der Waals surface area contributed by atoms with Crippen LogP contribution in [0.3, 0.4) is 0 Å². The van der Waals surface area contributed by atoms with Crippen molar-refractivity contribution in [1.82, 2.24) is 15.2 Å². The third kappa shape index (κ3) is 3.12. The Morgan fingerprint density at radius 2 is 1.76 bits per heavy atom. The second-order valence-electron chi connectivity index (χ2n) is 4.45. The molecule has 0 aliphatic heterocycles. The Bertz CT molecular complexity index is 778. The van der Waals surface area contributed by atoms with Gasteiger partial charge in [0, 0.05) is 5.02 Å². The molecule has 0 atom stereocenters. The molecule has 0 aliphatic carbocycles. The van der Waals surface area contributed by atoms with E-state index in [9.17, 15) is 5.11 Å². The monoisotopic (exact) mass is 297 g/mol. The van der Waals surface area contributed by atoms with Crippen molar-refractivity contribution in [2.45, 2.75) is 0 Å². The minimum Gasteiger partial charge on any atom is -0.507 e. The maximum atomic E-state index is 9.78.